The molecule has 1 saturated heterocycles. The van der Waals surface area contributed by atoms with Gasteiger partial charge in [0.15, 0.2) is 0 Å². The van der Waals surface area contributed by atoms with Gasteiger partial charge in [-0.25, -0.2) is 0 Å². The molecule has 0 atom stereocenters. The van der Waals surface area contributed by atoms with E-state index in [9.17, 15) is 0 Å². The van der Waals surface area contributed by atoms with Gasteiger partial charge >= 0.3 is 0 Å². The van der Waals surface area contributed by atoms with Gasteiger partial charge in [-0.2, -0.15) is 0 Å². The summed E-state index contributed by atoms with van der Waals surface area (Å²) in [4.78, 5) is 2.65. The van der Waals surface area contributed by atoms with Crippen molar-refractivity contribution in [3.8, 4) is 0 Å². The average Bonchev–Trinajstić information content (AvgIpc) is 2.80. The molecule has 1 aromatic rings. The Kier molecular flexibility index (Phi) is 6.08. The molecule has 0 radical (unpaired) electrons. The van der Waals surface area contributed by atoms with E-state index in [0.717, 1.165) is 31.2 Å². The fraction of sp³-hybridized carbons (Fsp3) is 0.895. The van der Waals surface area contributed by atoms with Crippen LogP contribution < -0.4 is 5.32 Å². The number of nitrogens with zero attached hydrogens (tertiary/aromatic N) is 4. The molecule has 5 heteroatoms. The first-order valence-electron chi connectivity index (χ1n) is 9.58. The van der Waals surface area contributed by atoms with E-state index in [1.807, 2.05) is 0 Å². The van der Waals surface area contributed by atoms with Gasteiger partial charge in [0.1, 0.15) is 11.6 Å². The normalized spacial score (nSPS) is 20.7. The van der Waals surface area contributed by atoms with Crippen LogP contribution in [0, 0.1) is 0 Å². The Labute approximate surface area is 148 Å². The smallest absolute Gasteiger partial charge is 0.146 e. The van der Waals surface area contributed by atoms with Crippen molar-refractivity contribution >= 4 is 0 Å². The summed E-state index contributed by atoms with van der Waals surface area (Å²) in [5.74, 6) is 2.17. The summed E-state index contributed by atoms with van der Waals surface area (Å²) in [5.41, 5.74) is 0.344. The van der Waals surface area contributed by atoms with E-state index >= 15 is 0 Å². The first kappa shape index (κ1) is 19.4. The van der Waals surface area contributed by atoms with E-state index in [-0.39, 0.29) is 11.1 Å². The molecule has 2 rings (SSSR count). The summed E-state index contributed by atoms with van der Waals surface area (Å²) in [6.45, 7) is 15.8. The van der Waals surface area contributed by atoms with Crippen LogP contribution in [0.5, 0.6) is 0 Å². The van der Waals surface area contributed by atoms with Gasteiger partial charge in [0.2, 0.25) is 0 Å². The Morgan fingerprint density at radius 1 is 1.08 bits per heavy atom. The topological polar surface area (TPSA) is 46.0 Å². The fourth-order valence-electron chi connectivity index (χ4n) is 4.30. The van der Waals surface area contributed by atoms with Gasteiger partial charge in [0.25, 0.3) is 0 Å². The van der Waals surface area contributed by atoms with E-state index in [2.05, 4.69) is 73.6 Å². The molecule has 0 saturated carbocycles. The average molecular weight is 336 g/mol. The molecule has 1 N–H and O–H groups in total. The first-order chi connectivity index (χ1) is 11.2. The third-order valence-electron chi connectivity index (χ3n) is 5.20. The molecule has 0 aliphatic carbocycles. The number of nitrogens with one attached hydrogen (secondary N) is 1. The number of piperidine rings is 1. The lowest BCUT2D eigenvalue weighted by molar-refractivity contribution is 0.0583. The summed E-state index contributed by atoms with van der Waals surface area (Å²) < 4.78 is 2.18. The van der Waals surface area contributed by atoms with Crippen LogP contribution >= 0.6 is 0 Å². The monoisotopic (exact) mass is 335 g/mol. The Morgan fingerprint density at radius 3 is 2.17 bits per heavy atom. The third kappa shape index (κ3) is 4.79. The van der Waals surface area contributed by atoms with E-state index in [1.54, 1.807) is 0 Å². The van der Waals surface area contributed by atoms with Crippen molar-refractivity contribution < 1.29 is 0 Å². The second-order valence-electron chi connectivity index (χ2n) is 8.72. The molecule has 0 spiro atoms. The summed E-state index contributed by atoms with van der Waals surface area (Å²) in [6.07, 6.45) is 5.76. The van der Waals surface area contributed by atoms with Crippen molar-refractivity contribution in [1.82, 2.24) is 25.0 Å². The molecular weight excluding hydrogens is 298 g/mol. The van der Waals surface area contributed by atoms with Gasteiger partial charge < -0.3 is 9.88 Å². The number of hydrogen-bond acceptors (Lipinski definition) is 4. The van der Waals surface area contributed by atoms with Gasteiger partial charge in [0.05, 0.1) is 6.54 Å². The molecule has 0 aromatic carbocycles. The van der Waals surface area contributed by atoms with Crippen molar-refractivity contribution in [3.05, 3.63) is 11.6 Å². The maximum absolute atomic E-state index is 4.46. The van der Waals surface area contributed by atoms with Crippen LogP contribution in [-0.4, -0.2) is 43.3 Å². The molecule has 2 heterocycles. The van der Waals surface area contributed by atoms with Crippen molar-refractivity contribution in [1.29, 1.82) is 0 Å². The standard InChI is InChI=1S/C19H37N5/c1-8-10-11-24(14-17-21-20-16(9-2)23(17)7)15-12-18(3,4)22-19(5,6)13-15/h15,22H,8-14H2,1-7H3. The van der Waals surface area contributed by atoms with Gasteiger partial charge in [-0.05, 0) is 53.5 Å². The van der Waals surface area contributed by atoms with Gasteiger partial charge in [-0.1, -0.05) is 20.3 Å². The Hall–Kier alpha value is -0.940. The van der Waals surface area contributed by atoms with Crippen LogP contribution in [0.25, 0.3) is 0 Å². The second-order valence-corrected chi connectivity index (χ2v) is 8.72. The van der Waals surface area contributed by atoms with Crippen LogP contribution in [-0.2, 0) is 20.0 Å². The summed E-state index contributed by atoms with van der Waals surface area (Å²) in [7, 11) is 2.10. The van der Waals surface area contributed by atoms with E-state index in [4.69, 9.17) is 0 Å². The maximum Gasteiger partial charge on any atom is 0.146 e. The lowest BCUT2D eigenvalue weighted by Gasteiger charge is -2.49. The first-order valence-corrected chi connectivity index (χ1v) is 9.58. The Morgan fingerprint density at radius 2 is 1.67 bits per heavy atom. The molecule has 1 fully saturated rings. The SMILES string of the molecule is CCCCN(Cc1nnc(CC)n1C)C1CC(C)(C)NC(C)(C)C1. The number of rotatable bonds is 7. The minimum absolute atomic E-state index is 0.172. The van der Waals surface area contributed by atoms with E-state index < -0.39 is 0 Å². The van der Waals surface area contributed by atoms with Crippen LogP contribution in [0.4, 0.5) is 0 Å². The minimum Gasteiger partial charge on any atom is -0.317 e. The maximum atomic E-state index is 4.46. The lowest BCUT2D eigenvalue weighted by atomic mass is 9.79. The number of hydrogen-bond donors (Lipinski definition) is 1. The minimum atomic E-state index is 0.172. The van der Waals surface area contributed by atoms with Crippen LogP contribution in [0.2, 0.25) is 0 Å². The van der Waals surface area contributed by atoms with Crippen LogP contribution in [0.3, 0.4) is 0 Å². The number of aryl methyl sites for hydroxylation is 1. The fourth-order valence-corrected chi connectivity index (χ4v) is 4.30. The van der Waals surface area contributed by atoms with Crippen LogP contribution in [0.15, 0.2) is 0 Å². The second kappa shape index (κ2) is 7.52. The van der Waals surface area contributed by atoms with Crippen molar-refractivity contribution in [3.63, 3.8) is 0 Å². The highest BCUT2D eigenvalue weighted by atomic mass is 15.3. The molecule has 0 unspecified atom stereocenters. The van der Waals surface area contributed by atoms with E-state index in [1.165, 1.54) is 25.7 Å². The van der Waals surface area contributed by atoms with Gasteiger partial charge in [-0.15, -0.1) is 10.2 Å². The molecule has 24 heavy (non-hydrogen) atoms. The molecule has 138 valence electrons. The lowest BCUT2D eigenvalue weighted by Crippen LogP contribution is -2.62. The summed E-state index contributed by atoms with van der Waals surface area (Å²) in [6, 6.07) is 0.588. The highest BCUT2D eigenvalue weighted by Crippen LogP contribution is 2.32. The highest BCUT2D eigenvalue weighted by molar-refractivity contribution is 5.02. The van der Waals surface area contributed by atoms with Crippen molar-refractivity contribution in [2.24, 2.45) is 7.05 Å². The molecular formula is C19H37N5. The molecule has 0 amide bonds. The van der Waals surface area contributed by atoms with Crippen molar-refractivity contribution in [2.45, 2.75) is 97.3 Å². The van der Waals surface area contributed by atoms with Crippen molar-refractivity contribution in [2.75, 3.05) is 6.54 Å². The molecule has 5 nitrogen and oxygen atoms in total. The predicted molar refractivity (Wildman–Crippen MR) is 100 cm³/mol. The van der Waals surface area contributed by atoms with Gasteiger partial charge in [0, 0.05) is 30.6 Å². The predicted octanol–water partition coefficient (Wildman–Crippen LogP) is 3.29. The number of aromatic nitrogens is 3. The zero-order valence-electron chi connectivity index (χ0n) is 16.8. The molecule has 1 aliphatic rings. The largest absolute Gasteiger partial charge is 0.317 e. The quantitative estimate of drug-likeness (QED) is 0.830. The molecule has 1 aromatic heterocycles. The zero-order chi connectivity index (χ0) is 18.0. The Balaban J connectivity index is 2.19. The number of unbranched alkanes of at least 4 members (excludes halogenated alkanes) is 1. The summed E-state index contributed by atoms with van der Waals surface area (Å²) in [5, 5.41) is 12.6. The van der Waals surface area contributed by atoms with E-state index in [0.29, 0.717) is 6.04 Å². The molecule has 1 aliphatic heterocycles. The zero-order valence-corrected chi connectivity index (χ0v) is 16.8. The van der Waals surface area contributed by atoms with Crippen LogP contribution in [0.1, 0.15) is 78.9 Å². The summed E-state index contributed by atoms with van der Waals surface area (Å²) >= 11 is 0. The Bertz CT molecular complexity index is 516. The highest BCUT2D eigenvalue weighted by Gasteiger charge is 2.40. The molecule has 0 bridgehead atoms. The van der Waals surface area contributed by atoms with Gasteiger partial charge in [-0.3, -0.25) is 4.90 Å². The third-order valence-corrected chi connectivity index (χ3v) is 5.20.